The minimum Gasteiger partial charge on any atom is -0.465 e. The minimum atomic E-state index is -5.30. The predicted octanol–water partition coefficient (Wildman–Crippen LogP) is 5.82. The van der Waals surface area contributed by atoms with Crippen LogP contribution in [0.5, 0.6) is 0 Å². The average molecular weight is 538 g/mol. The van der Waals surface area contributed by atoms with Gasteiger partial charge in [-0.3, -0.25) is 14.2 Å². The Morgan fingerprint density at radius 2 is 1.38 bits per heavy atom. The summed E-state index contributed by atoms with van der Waals surface area (Å²) in [6, 6.07) is 17.9. The number of hydrogen-bond donors (Lipinski definition) is 0. The Labute approximate surface area is 204 Å². The van der Waals surface area contributed by atoms with E-state index in [2.05, 4.69) is 4.74 Å². The van der Waals surface area contributed by atoms with E-state index in [9.17, 15) is 27.3 Å². The smallest absolute Gasteiger partial charge is 0.465 e. The first-order valence-electron chi connectivity index (χ1n) is 9.94. The Morgan fingerprint density at radius 3 is 1.79 bits per heavy atom. The minimum absolute atomic E-state index is 0.0743. The second kappa shape index (κ2) is 13.8. The molecule has 0 saturated heterocycles. The highest BCUT2D eigenvalue weighted by Gasteiger charge is 2.46. The molecular weight excluding hydrogens is 514 g/mol. The second-order valence-electron chi connectivity index (χ2n) is 6.70. The highest BCUT2D eigenvalue weighted by Crippen LogP contribution is 2.56. The topological polar surface area (TPSA) is 82.1 Å². The van der Waals surface area contributed by atoms with Gasteiger partial charge in [0.2, 0.25) is 0 Å². The van der Waals surface area contributed by atoms with Crippen molar-refractivity contribution >= 4 is 43.6 Å². The molecule has 0 aromatic heterocycles. The molecule has 34 heavy (non-hydrogen) atoms. The van der Waals surface area contributed by atoms with Crippen molar-refractivity contribution in [3.63, 3.8) is 0 Å². The van der Waals surface area contributed by atoms with E-state index >= 15 is 0 Å². The maximum absolute atomic E-state index is 13.4. The maximum Gasteiger partial charge on any atom is 0.471 e. The molecule has 2 aromatic carbocycles. The maximum atomic E-state index is 13.4. The molecule has 7 nitrogen and oxygen atoms in total. The van der Waals surface area contributed by atoms with Crippen molar-refractivity contribution in [1.82, 2.24) is 4.90 Å². The SMILES string of the molecule is CCOC(=O)CN(CP(=O)(OSCc1ccccc1)OSCc1ccccc1)C(=O)C(F)(F)F. The number of amides is 1. The second-order valence-corrected chi connectivity index (χ2v) is 10.4. The molecule has 0 heterocycles. The first kappa shape index (κ1) is 28.3. The molecule has 1 amide bonds. The van der Waals surface area contributed by atoms with Crippen molar-refractivity contribution in [2.24, 2.45) is 0 Å². The van der Waals surface area contributed by atoms with E-state index in [-0.39, 0.29) is 23.0 Å². The number of ether oxygens (including phenoxy) is 1. The normalized spacial score (nSPS) is 11.8. The number of nitrogens with zero attached hydrogens (tertiary/aromatic N) is 1. The summed E-state index contributed by atoms with van der Waals surface area (Å²) in [7, 11) is -4.32. The zero-order valence-electron chi connectivity index (χ0n) is 18.1. The van der Waals surface area contributed by atoms with E-state index in [1.54, 1.807) is 60.7 Å². The van der Waals surface area contributed by atoms with Crippen molar-refractivity contribution < 1.29 is 40.0 Å². The van der Waals surface area contributed by atoms with Crippen LogP contribution in [0.1, 0.15) is 18.1 Å². The van der Waals surface area contributed by atoms with Gasteiger partial charge in [0.1, 0.15) is 12.8 Å². The van der Waals surface area contributed by atoms with Gasteiger partial charge in [0.15, 0.2) is 0 Å². The average Bonchev–Trinajstić information content (AvgIpc) is 2.79. The Hall–Kier alpha value is -1.98. The van der Waals surface area contributed by atoms with Crippen LogP contribution in [0.15, 0.2) is 60.7 Å². The van der Waals surface area contributed by atoms with Crippen LogP contribution in [0, 0.1) is 0 Å². The van der Waals surface area contributed by atoms with E-state index in [1.165, 1.54) is 6.92 Å². The van der Waals surface area contributed by atoms with Crippen LogP contribution in [-0.2, 0) is 38.3 Å². The first-order valence-corrected chi connectivity index (χ1v) is 13.5. The van der Waals surface area contributed by atoms with Crippen LogP contribution in [-0.4, -0.2) is 42.4 Å². The van der Waals surface area contributed by atoms with Gasteiger partial charge in [0, 0.05) is 35.6 Å². The fourth-order valence-corrected chi connectivity index (χ4v) is 6.20. The molecule has 0 aliphatic heterocycles. The third kappa shape index (κ3) is 10.1. The van der Waals surface area contributed by atoms with E-state index < -0.39 is 38.5 Å². The zero-order valence-corrected chi connectivity index (χ0v) is 20.6. The van der Waals surface area contributed by atoms with E-state index in [0.29, 0.717) is 24.1 Å². The lowest BCUT2D eigenvalue weighted by Crippen LogP contribution is -2.44. The highest BCUT2D eigenvalue weighted by molar-refractivity contribution is 8.01. The number of carbonyl (C=O) groups excluding carboxylic acids is 2. The molecule has 0 unspecified atom stereocenters. The Morgan fingerprint density at radius 1 is 0.912 bits per heavy atom. The van der Waals surface area contributed by atoms with Gasteiger partial charge >= 0.3 is 25.6 Å². The van der Waals surface area contributed by atoms with Gasteiger partial charge in [-0.05, 0) is 18.1 Å². The standard InChI is InChI=1S/C21H23F3NO6PS2/c1-2-29-19(26)13-25(20(27)21(22,23)24)16-32(28,30-33-14-17-9-5-3-6-10-17)31-34-15-18-11-7-4-8-12-18/h3-12H,2,13-16H2,1H3. The van der Waals surface area contributed by atoms with E-state index in [4.69, 9.17) is 7.94 Å². The Bertz CT molecular complexity index is 916. The molecular formula is C21H23F3NO6PS2. The van der Waals surface area contributed by atoms with Gasteiger partial charge in [0.25, 0.3) is 0 Å². The lowest BCUT2D eigenvalue weighted by atomic mass is 10.2. The number of carbonyl (C=O) groups is 2. The Balaban J connectivity index is 2.15. The molecule has 0 spiro atoms. The van der Waals surface area contributed by atoms with Gasteiger partial charge in [-0.15, -0.1) is 0 Å². The molecule has 2 aromatic rings. The lowest BCUT2D eigenvalue weighted by molar-refractivity contribution is -0.186. The van der Waals surface area contributed by atoms with Crippen molar-refractivity contribution in [3.05, 3.63) is 71.8 Å². The molecule has 2 rings (SSSR count). The van der Waals surface area contributed by atoms with Crippen LogP contribution in [0.25, 0.3) is 0 Å². The molecule has 0 saturated carbocycles. The number of benzene rings is 2. The first-order chi connectivity index (χ1) is 16.1. The summed E-state index contributed by atoms with van der Waals surface area (Å²) in [5, 5.41) is 0. The van der Waals surface area contributed by atoms with Crippen molar-refractivity contribution in [1.29, 1.82) is 0 Å². The van der Waals surface area contributed by atoms with Crippen LogP contribution >= 0.6 is 31.7 Å². The van der Waals surface area contributed by atoms with E-state index in [0.717, 1.165) is 11.1 Å². The quantitative estimate of drug-likeness (QED) is 0.180. The third-order valence-corrected chi connectivity index (χ3v) is 8.22. The number of halogens is 3. The van der Waals surface area contributed by atoms with Gasteiger partial charge in [0.05, 0.1) is 6.61 Å². The van der Waals surface area contributed by atoms with Crippen LogP contribution < -0.4 is 0 Å². The number of rotatable bonds is 13. The molecule has 0 bridgehead atoms. The van der Waals surface area contributed by atoms with Crippen molar-refractivity contribution in [2.45, 2.75) is 24.6 Å². The predicted molar refractivity (Wildman–Crippen MR) is 125 cm³/mol. The lowest BCUT2D eigenvalue weighted by Gasteiger charge is -2.26. The Kier molecular flexibility index (Phi) is 11.5. The fourth-order valence-electron chi connectivity index (χ4n) is 2.49. The molecule has 0 aliphatic carbocycles. The number of hydrogen-bond acceptors (Lipinski definition) is 8. The van der Waals surface area contributed by atoms with Gasteiger partial charge in [-0.1, -0.05) is 60.7 Å². The summed E-state index contributed by atoms with van der Waals surface area (Å²) in [6.07, 6.45) is -6.39. The fraction of sp³-hybridized carbons (Fsp3) is 0.333. The molecule has 0 aliphatic rings. The summed E-state index contributed by atoms with van der Waals surface area (Å²) in [4.78, 5) is 23.8. The third-order valence-electron chi connectivity index (χ3n) is 3.97. The van der Waals surface area contributed by atoms with Gasteiger partial charge < -0.3 is 9.64 Å². The van der Waals surface area contributed by atoms with E-state index in [1.807, 2.05) is 0 Å². The summed E-state index contributed by atoms with van der Waals surface area (Å²) in [5.74, 6) is -2.99. The summed E-state index contributed by atoms with van der Waals surface area (Å²) in [5.41, 5.74) is 1.62. The van der Waals surface area contributed by atoms with Crippen LogP contribution in [0.3, 0.4) is 0 Å². The van der Waals surface area contributed by atoms with Crippen molar-refractivity contribution in [3.8, 4) is 0 Å². The number of alkyl halides is 3. The molecule has 13 heteroatoms. The summed E-state index contributed by atoms with van der Waals surface area (Å²) < 4.78 is 68.1. The van der Waals surface area contributed by atoms with Crippen molar-refractivity contribution in [2.75, 3.05) is 19.4 Å². The molecule has 0 fully saturated rings. The summed E-state index contributed by atoms with van der Waals surface area (Å²) in [6.45, 7) is 0.304. The molecule has 0 radical (unpaired) electrons. The monoisotopic (exact) mass is 537 g/mol. The largest absolute Gasteiger partial charge is 0.471 e. The zero-order chi connectivity index (χ0) is 25.0. The molecule has 0 N–H and O–H groups in total. The van der Waals surface area contributed by atoms with Crippen LogP contribution in [0.2, 0.25) is 0 Å². The molecule has 186 valence electrons. The van der Waals surface area contributed by atoms with Gasteiger partial charge in [-0.25, -0.2) is 7.94 Å². The number of esters is 1. The summed E-state index contributed by atoms with van der Waals surface area (Å²) >= 11 is 1.43. The van der Waals surface area contributed by atoms with Gasteiger partial charge in [-0.2, -0.15) is 13.2 Å². The van der Waals surface area contributed by atoms with Crippen LogP contribution in [0.4, 0.5) is 13.2 Å². The highest BCUT2D eigenvalue weighted by atomic mass is 32.2. The molecule has 0 atom stereocenters.